The predicted molar refractivity (Wildman–Crippen MR) is 57.2 cm³/mol. The van der Waals surface area contributed by atoms with Crippen molar-refractivity contribution >= 4 is 10.8 Å². The molecule has 3 nitrogen and oxygen atoms in total. The summed E-state index contributed by atoms with van der Waals surface area (Å²) in [6.45, 7) is 2.33. The lowest BCUT2D eigenvalue weighted by Gasteiger charge is -2.01. The molecule has 72 valence electrons. The SMILES string of the molecule is Cc1cc2ccc(CN)cc2c(=O)[nH]1. The maximum atomic E-state index is 11.6. The van der Waals surface area contributed by atoms with Gasteiger partial charge in [0, 0.05) is 17.6 Å². The molecular formula is C11H12N2O. The normalized spacial score (nSPS) is 10.7. The van der Waals surface area contributed by atoms with Crippen LogP contribution >= 0.6 is 0 Å². The van der Waals surface area contributed by atoms with Crippen molar-refractivity contribution in [2.75, 3.05) is 0 Å². The second kappa shape index (κ2) is 3.27. The number of hydrogen-bond acceptors (Lipinski definition) is 2. The molecule has 0 fully saturated rings. The molecule has 0 spiro atoms. The van der Waals surface area contributed by atoms with Crippen molar-refractivity contribution < 1.29 is 0 Å². The summed E-state index contributed by atoms with van der Waals surface area (Å²) in [5.74, 6) is 0. The largest absolute Gasteiger partial charge is 0.326 e. The topological polar surface area (TPSA) is 58.9 Å². The van der Waals surface area contributed by atoms with Gasteiger partial charge in [-0.15, -0.1) is 0 Å². The average molecular weight is 188 g/mol. The molecule has 0 bridgehead atoms. The number of hydrogen-bond donors (Lipinski definition) is 2. The zero-order valence-electron chi connectivity index (χ0n) is 8.00. The van der Waals surface area contributed by atoms with Gasteiger partial charge in [-0.25, -0.2) is 0 Å². The molecule has 2 aromatic rings. The van der Waals surface area contributed by atoms with Crippen molar-refractivity contribution in [2.24, 2.45) is 5.73 Å². The molecule has 1 aromatic carbocycles. The van der Waals surface area contributed by atoms with Gasteiger partial charge in [-0.3, -0.25) is 4.79 Å². The standard InChI is InChI=1S/C11H12N2O/c1-7-4-9-3-2-8(6-12)5-10(9)11(14)13-7/h2-5H,6,12H2,1H3,(H,13,14). The fourth-order valence-corrected chi connectivity index (χ4v) is 1.57. The molecule has 1 heterocycles. The first-order valence-corrected chi connectivity index (χ1v) is 4.53. The Morgan fingerprint density at radius 1 is 1.36 bits per heavy atom. The summed E-state index contributed by atoms with van der Waals surface area (Å²) in [6, 6.07) is 7.67. The van der Waals surface area contributed by atoms with Crippen molar-refractivity contribution in [1.29, 1.82) is 0 Å². The minimum absolute atomic E-state index is 0.0460. The van der Waals surface area contributed by atoms with Crippen molar-refractivity contribution in [3.05, 3.63) is 45.9 Å². The van der Waals surface area contributed by atoms with Crippen molar-refractivity contribution in [2.45, 2.75) is 13.5 Å². The van der Waals surface area contributed by atoms with Crippen LogP contribution < -0.4 is 11.3 Å². The molecule has 1 aromatic heterocycles. The molecule has 0 aliphatic rings. The van der Waals surface area contributed by atoms with Gasteiger partial charge >= 0.3 is 0 Å². The van der Waals surface area contributed by atoms with E-state index in [-0.39, 0.29) is 5.56 Å². The highest BCUT2D eigenvalue weighted by Gasteiger charge is 2.00. The quantitative estimate of drug-likeness (QED) is 0.708. The number of aryl methyl sites for hydroxylation is 1. The van der Waals surface area contributed by atoms with Crippen molar-refractivity contribution in [3.63, 3.8) is 0 Å². The Kier molecular flexibility index (Phi) is 2.09. The maximum absolute atomic E-state index is 11.6. The molecule has 2 rings (SSSR count). The monoisotopic (exact) mass is 188 g/mol. The molecule has 3 heteroatoms. The molecule has 0 saturated heterocycles. The second-order valence-corrected chi connectivity index (χ2v) is 3.41. The van der Waals surface area contributed by atoms with E-state index >= 15 is 0 Å². The first-order valence-electron chi connectivity index (χ1n) is 4.53. The van der Waals surface area contributed by atoms with E-state index in [0.717, 1.165) is 16.6 Å². The van der Waals surface area contributed by atoms with Crippen LogP contribution in [0.5, 0.6) is 0 Å². The third-order valence-corrected chi connectivity index (χ3v) is 2.28. The Labute approximate surface area is 81.6 Å². The van der Waals surface area contributed by atoms with Crippen LogP contribution in [0.25, 0.3) is 10.8 Å². The summed E-state index contributed by atoms with van der Waals surface area (Å²) < 4.78 is 0. The number of H-pyrrole nitrogens is 1. The highest BCUT2D eigenvalue weighted by atomic mass is 16.1. The van der Waals surface area contributed by atoms with Crippen LogP contribution in [0.2, 0.25) is 0 Å². The highest BCUT2D eigenvalue weighted by molar-refractivity contribution is 5.82. The van der Waals surface area contributed by atoms with Gasteiger partial charge in [0.2, 0.25) is 0 Å². The number of pyridine rings is 1. The molecule has 0 atom stereocenters. The van der Waals surface area contributed by atoms with E-state index in [1.807, 2.05) is 31.2 Å². The molecule has 0 unspecified atom stereocenters. The van der Waals surface area contributed by atoms with Crippen LogP contribution in [0.15, 0.2) is 29.1 Å². The summed E-state index contributed by atoms with van der Waals surface area (Å²) in [5, 5.41) is 1.67. The van der Waals surface area contributed by atoms with Crippen LogP contribution in [0.4, 0.5) is 0 Å². The highest BCUT2D eigenvalue weighted by Crippen LogP contribution is 2.12. The van der Waals surface area contributed by atoms with E-state index in [1.165, 1.54) is 0 Å². The van der Waals surface area contributed by atoms with Gasteiger partial charge in [-0.2, -0.15) is 0 Å². The fraction of sp³-hybridized carbons (Fsp3) is 0.182. The summed E-state index contributed by atoms with van der Waals surface area (Å²) in [5.41, 5.74) is 7.32. The number of nitrogens with two attached hydrogens (primary N) is 1. The van der Waals surface area contributed by atoms with Gasteiger partial charge in [0.05, 0.1) is 0 Å². The first kappa shape index (κ1) is 8.97. The van der Waals surface area contributed by atoms with E-state index in [4.69, 9.17) is 5.73 Å². The van der Waals surface area contributed by atoms with E-state index in [1.54, 1.807) is 0 Å². The van der Waals surface area contributed by atoms with E-state index in [9.17, 15) is 4.79 Å². The Morgan fingerprint density at radius 3 is 2.86 bits per heavy atom. The summed E-state index contributed by atoms with van der Waals surface area (Å²) in [6.07, 6.45) is 0. The van der Waals surface area contributed by atoms with Gasteiger partial charge in [0.25, 0.3) is 5.56 Å². The molecular weight excluding hydrogens is 176 g/mol. The second-order valence-electron chi connectivity index (χ2n) is 3.41. The first-order chi connectivity index (χ1) is 6.70. The molecule has 0 saturated carbocycles. The predicted octanol–water partition coefficient (Wildman–Crippen LogP) is 1.30. The Morgan fingerprint density at radius 2 is 2.14 bits per heavy atom. The molecule has 3 N–H and O–H groups in total. The third kappa shape index (κ3) is 1.42. The van der Waals surface area contributed by atoms with Crippen LogP contribution in [0.1, 0.15) is 11.3 Å². The van der Waals surface area contributed by atoms with Crippen LogP contribution in [0, 0.1) is 6.92 Å². The van der Waals surface area contributed by atoms with Crippen LogP contribution in [-0.2, 0) is 6.54 Å². The molecule has 14 heavy (non-hydrogen) atoms. The fourth-order valence-electron chi connectivity index (χ4n) is 1.57. The number of aromatic amines is 1. The van der Waals surface area contributed by atoms with E-state index in [0.29, 0.717) is 11.9 Å². The maximum Gasteiger partial charge on any atom is 0.256 e. The minimum Gasteiger partial charge on any atom is -0.326 e. The zero-order valence-corrected chi connectivity index (χ0v) is 8.00. The van der Waals surface area contributed by atoms with Gasteiger partial charge in [0.1, 0.15) is 0 Å². The zero-order chi connectivity index (χ0) is 10.1. The van der Waals surface area contributed by atoms with Gasteiger partial charge in [0.15, 0.2) is 0 Å². The number of nitrogens with one attached hydrogen (secondary N) is 1. The summed E-state index contributed by atoms with van der Waals surface area (Å²) >= 11 is 0. The Hall–Kier alpha value is -1.61. The molecule has 0 amide bonds. The van der Waals surface area contributed by atoms with Gasteiger partial charge in [-0.1, -0.05) is 12.1 Å². The number of rotatable bonds is 1. The van der Waals surface area contributed by atoms with Crippen LogP contribution in [-0.4, -0.2) is 4.98 Å². The average Bonchev–Trinajstić information content (AvgIpc) is 2.17. The Balaban J connectivity index is 2.82. The van der Waals surface area contributed by atoms with Crippen LogP contribution in [0.3, 0.4) is 0 Å². The van der Waals surface area contributed by atoms with E-state index < -0.39 is 0 Å². The third-order valence-electron chi connectivity index (χ3n) is 2.28. The van der Waals surface area contributed by atoms with Crippen molar-refractivity contribution in [3.8, 4) is 0 Å². The summed E-state index contributed by atoms with van der Waals surface area (Å²) in [7, 11) is 0. The smallest absolute Gasteiger partial charge is 0.256 e. The van der Waals surface area contributed by atoms with Gasteiger partial charge in [-0.05, 0) is 30.0 Å². The molecule has 0 aliphatic carbocycles. The Bertz CT molecular complexity index is 528. The lowest BCUT2D eigenvalue weighted by molar-refractivity contribution is 1.07. The lowest BCUT2D eigenvalue weighted by Crippen LogP contribution is -2.08. The number of fused-ring (bicyclic) bond motifs is 1. The van der Waals surface area contributed by atoms with E-state index in [2.05, 4.69) is 4.98 Å². The lowest BCUT2D eigenvalue weighted by atomic mass is 10.1. The molecule has 0 aliphatic heterocycles. The summed E-state index contributed by atoms with van der Waals surface area (Å²) in [4.78, 5) is 14.3. The number of benzene rings is 1. The number of aromatic nitrogens is 1. The van der Waals surface area contributed by atoms with Gasteiger partial charge < -0.3 is 10.7 Å². The molecule has 0 radical (unpaired) electrons. The minimum atomic E-state index is -0.0460. The van der Waals surface area contributed by atoms with Crippen molar-refractivity contribution in [1.82, 2.24) is 4.98 Å².